The zero-order valence-corrected chi connectivity index (χ0v) is 15.3. The summed E-state index contributed by atoms with van der Waals surface area (Å²) in [5.41, 5.74) is 1.91. The number of nitrogens with one attached hydrogen (secondary N) is 1. The average molecular weight is 343 g/mol. The number of amides is 2. The van der Waals surface area contributed by atoms with Gasteiger partial charge in [-0.3, -0.25) is 9.59 Å². The van der Waals surface area contributed by atoms with Crippen molar-refractivity contribution in [1.29, 1.82) is 0 Å². The fourth-order valence-corrected chi connectivity index (χ4v) is 4.23. The Morgan fingerprint density at radius 3 is 2.40 bits per heavy atom. The second-order valence-electron chi connectivity index (χ2n) is 7.33. The van der Waals surface area contributed by atoms with Gasteiger partial charge in [0.1, 0.15) is 0 Å². The number of hydrogen-bond acceptors (Lipinski definition) is 3. The largest absolute Gasteiger partial charge is 0.356 e. The van der Waals surface area contributed by atoms with Crippen molar-refractivity contribution in [2.45, 2.75) is 51.1 Å². The summed E-state index contributed by atoms with van der Waals surface area (Å²) in [5, 5.41) is 2.80. The molecule has 2 heterocycles. The molecular weight excluding hydrogens is 314 g/mol. The van der Waals surface area contributed by atoms with Crippen molar-refractivity contribution in [3.8, 4) is 0 Å². The van der Waals surface area contributed by atoms with Crippen molar-refractivity contribution in [1.82, 2.24) is 15.1 Å². The van der Waals surface area contributed by atoms with Crippen molar-refractivity contribution in [3.05, 3.63) is 35.4 Å². The van der Waals surface area contributed by atoms with E-state index in [-0.39, 0.29) is 11.8 Å². The molecule has 2 amide bonds. The molecule has 2 aliphatic rings. The van der Waals surface area contributed by atoms with E-state index in [2.05, 4.69) is 22.2 Å². The Labute approximate surface area is 150 Å². The van der Waals surface area contributed by atoms with Crippen molar-refractivity contribution >= 4 is 11.8 Å². The van der Waals surface area contributed by atoms with Gasteiger partial charge in [-0.2, -0.15) is 0 Å². The lowest BCUT2D eigenvalue weighted by atomic mass is 10.0. The van der Waals surface area contributed by atoms with Crippen LogP contribution in [0.3, 0.4) is 0 Å². The minimum Gasteiger partial charge on any atom is -0.356 e. The van der Waals surface area contributed by atoms with Gasteiger partial charge >= 0.3 is 0 Å². The third kappa shape index (κ3) is 4.21. The molecule has 1 N–H and O–H groups in total. The number of nitrogens with zero attached hydrogens (tertiary/aromatic N) is 2. The maximum Gasteiger partial charge on any atom is 0.254 e. The Hall–Kier alpha value is -1.88. The topological polar surface area (TPSA) is 52.7 Å². The molecule has 1 aromatic rings. The van der Waals surface area contributed by atoms with Crippen LogP contribution >= 0.6 is 0 Å². The molecule has 0 unspecified atom stereocenters. The molecule has 136 valence electrons. The van der Waals surface area contributed by atoms with Crippen molar-refractivity contribution in [2.24, 2.45) is 0 Å². The zero-order valence-electron chi connectivity index (χ0n) is 15.3. The number of hydrogen-bond donors (Lipinski definition) is 1. The Kier molecular flexibility index (Phi) is 5.74. The SMILES string of the molecule is CC(=O)NCCc1ccc(C(=O)N2CCC[C@H]2[C@@H]2CCCN2C)cc1. The van der Waals surface area contributed by atoms with Crippen LogP contribution in [0.2, 0.25) is 0 Å². The first-order valence-corrected chi connectivity index (χ1v) is 9.41. The number of carbonyl (C=O) groups excluding carboxylic acids is 2. The van der Waals surface area contributed by atoms with Crippen molar-refractivity contribution < 1.29 is 9.59 Å². The minimum absolute atomic E-state index is 0.0104. The van der Waals surface area contributed by atoms with Gasteiger partial charge in [-0.05, 0) is 63.4 Å². The van der Waals surface area contributed by atoms with Crippen LogP contribution in [0.25, 0.3) is 0 Å². The molecule has 0 aliphatic carbocycles. The summed E-state index contributed by atoms with van der Waals surface area (Å²) >= 11 is 0. The van der Waals surface area contributed by atoms with Gasteiger partial charge in [-0.25, -0.2) is 0 Å². The van der Waals surface area contributed by atoms with Crippen LogP contribution in [0.1, 0.15) is 48.5 Å². The fourth-order valence-electron chi connectivity index (χ4n) is 4.23. The molecule has 2 atom stereocenters. The molecule has 0 radical (unpaired) electrons. The van der Waals surface area contributed by atoms with Gasteiger partial charge in [-0.15, -0.1) is 0 Å². The highest BCUT2D eigenvalue weighted by Gasteiger charge is 2.38. The van der Waals surface area contributed by atoms with Crippen LogP contribution in [-0.4, -0.2) is 60.4 Å². The Bertz CT molecular complexity index is 614. The first kappa shape index (κ1) is 17.9. The fraction of sp³-hybridized carbons (Fsp3) is 0.600. The highest BCUT2D eigenvalue weighted by molar-refractivity contribution is 5.94. The second kappa shape index (κ2) is 8.00. The summed E-state index contributed by atoms with van der Waals surface area (Å²) in [6.07, 6.45) is 5.45. The molecule has 2 aliphatic heterocycles. The first-order chi connectivity index (χ1) is 12.1. The highest BCUT2D eigenvalue weighted by Crippen LogP contribution is 2.30. The molecule has 3 rings (SSSR count). The summed E-state index contributed by atoms with van der Waals surface area (Å²) in [7, 11) is 2.18. The molecule has 0 bridgehead atoms. The normalized spacial score (nSPS) is 23.8. The maximum atomic E-state index is 13.0. The monoisotopic (exact) mass is 343 g/mol. The van der Waals surface area contributed by atoms with E-state index in [0.29, 0.717) is 18.6 Å². The first-order valence-electron chi connectivity index (χ1n) is 9.41. The van der Waals surface area contributed by atoms with Gasteiger partial charge < -0.3 is 15.1 Å². The zero-order chi connectivity index (χ0) is 17.8. The predicted molar refractivity (Wildman–Crippen MR) is 98.5 cm³/mol. The van der Waals surface area contributed by atoms with E-state index in [0.717, 1.165) is 43.5 Å². The van der Waals surface area contributed by atoms with Gasteiger partial charge in [-0.1, -0.05) is 12.1 Å². The number of rotatable bonds is 5. The number of carbonyl (C=O) groups is 2. The summed E-state index contributed by atoms with van der Waals surface area (Å²) in [6.45, 7) is 4.17. The lowest BCUT2D eigenvalue weighted by Gasteiger charge is -2.33. The lowest BCUT2D eigenvalue weighted by Crippen LogP contribution is -2.47. The summed E-state index contributed by atoms with van der Waals surface area (Å²) < 4.78 is 0. The van der Waals surface area contributed by atoms with E-state index >= 15 is 0 Å². The van der Waals surface area contributed by atoms with Crippen LogP contribution < -0.4 is 5.32 Å². The van der Waals surface area contributed by atoms with Crippen LogP contribution in [0.15, 0.2) is 24.3 Å². The van der Waals surface area contributed by atoms with E-state index in [9.17, 15) is 9.59 Å². The maximum absolute atomic E-state index is 13.0. The quantitative estimate of drug-likeness (QED) is 0.890. The molecule has 1 aromatic carbocycles. The van der Waals surface area contributed by atoms with Crippen LogP contribution in [0, 0.1) is 0 Å². The van der Waals surface area contributed by atoms with E-state index in [1.54, 1.807) is 0 Å². The Morgan fingerprint density at radius 2 is 1.76 bits per heavy atom. The number of likely N-dealkylation sites (tertiary alicyclic amines) is 2. The Morgan fingerprint density at radius 1 is 1.08 bits per heavy atom. The van der Waals surface area contributed by atoms with Crippen LogP contribution in [0.5, 0.6) is 0 Å². The van der Waals surface area contributed by atoms with Gasteiger partial charge in [0.2, 0.25) is 5.91 Å². The molecule has 2 fully saturated rings. The summed E-state index contributed by atoms with van der Waals surface area (Å²) in [6, 6.07) is 8.74. The van der Waals surface area contributed by atoms with Crippen molar-refractivity contribution in [2.75, 3.05) is 26.7 Å². The summed E-state index contributed by atoms with van der Waals surface area (Å²) in [5.74, 6) is 0.153. The molecule has 0 aromatic heterocycles. The third-order valence-corrected chi connectivity index (χ3v) is 5.57. The highest BCUT2D eigenvalue weighted by atomic mass is 16.2. The minimum atomic E-state index is -0.0104. The summed E-state index contributed by atoms with van der Waals surface area (Å²) in [4.78, 5) is 28.4. The molecule has 5 heteroatoms. The second-order valence-corrected chi connectivity index (χ2v) is 7.33. The number of likely N-dealkylation sites (N-methyl/N-ethyl adjacent to an activating group) is 1. The van der Waals surface area contributed by atoms with E-state index in [1.807, 2.05) is 24.3 Å². The molecular formula is C20H29N3O2. The van der Waals surface area contributed by atoms with Gasteiger partial charge in [0.05, 0.1) is 0 Å². The average Bonchev–Trinajstić information content (AvgIpc) is 3.23. The third-order valence-electron chi connectivity index (χ3n) is 5.57. The van der Waals surface area contributed by atoms with E-state index < -0.39 is 0 Å². The van der Waals surface area contributed by atoms with Crippen LogP contribution in [-0.2, 0) is 11.2 Å². The van der Waals surface area contributed by atoms with Gasteiger partial charge in [0.25, 0.3) is 5.91 Å². The van der Waals surface area contributed by atoms with Crippen molar-refractivity contribution in [3.63, 3.8) is 0 Å². The molecule has 0 saturated carbocycles. The van der Waals surface area contributed by atoms with E-state index in [1.165, 1.54) is 19.8 Å². The Balaban J connectivity index is 1.62. The molecule has 2 saturated heterocycles. The van der Waals surface area contributed by atoms with Gasteiger partial charge in [0, 0.05) is 37.7 Å². The smallest absolute Gasteiger partial charge is 0.254 e. The number of benzene rings is 1. The predicted octanol–water partition coefficient (Wildman–Crippen LogP) is 2.06. The van der Waals surface area contributed by atoms with Gasteiger partial charge in [0.15, 0.2) is 0 Å². The van der Waals surface area contributed by atoms with E-state index in [4.69, 9.17) is 0 Å². The molecule has 25 heavy (non-hydrogen) atoms. The molecule has 5 nitrogen and oxygen atoms in total. The van der Waals surface area contributed by atoms with Crippen LogP contribution in [0.4, 0.5) is 0 Å². The lowest BCUT2D eigenvalue weighted by molar-refractivity contribution is -0.118. The standard InChI is InChI=1S/C20H29N3O2/c1-15(24)21-12-11-16-7-9-17(10-8-16)20(25)23-14-4-6-19(23)18-5-3-13-22(18)2/h7-10,18-19H,3-6,11-14H2,1-2H3,(H,21,24)/t18-,19-/m0/s1. The molecule has 0 spiro atoms.